The molecule has 3 N–H and O–H groups in total. The van der Waals surface area contributed by atoms with Crippen LogP contribution in [0.2, 0.25) is 0 Å². The highest BCUT2D eigenvalue weighted by atomic mass is 127. The van der Waals surface area contributed by atoms with Gasteiger partial charge in [-0.2, -0.15) is 13.2 Å². The van der Waals surface area contributed by atoms with E-state index in [-0.39, 0.29) is 42.2 Å². The van der Waals surface area contributed by atoms with Gasteiger partial charge < -0.3 is 20.6 Å². The minimum atomic E-state index is -4.42. The Morgan fingerprint density at radius 1 is 1.30 bits per heavy atom. The molecule has 27 heavy (non-hydrogen) atoms. The van der Waals surface area contributed by atoms with Gasteiger partial charge in [-0.15, -0.1) is 24.0 Å². The highest BCUT2D eigenvalue weighted by molar-refractivity contribution is 14.0. The first-order chi connectivity index (χ1) is 12.3. The number of likely N-dealkylation sites (tertiary alicyclic amines) is 1. The Balaban J connectivity index is 0.00000364. The van der Waals surface area contributed by atoms with Crippen molar-refractivity contribution in [1.29, 1.82) is 0 Å². The number of amides is 1. The van der Waals surface area contributed by atoms with Crippen LogP contribution in [0.1, 0.15) is 29.3 Å². The Morgan fingerprint density at radius 3 is 2.48 bits per heavy atom. The first kappa shape index (κ1) is 23.5. The van der Waals surface area contributed by atoms with Crippen LogP contribution in [-0.2, 0) is 6.18 Å². The molecule has 1 heterocycles. The maximum absolute atomic E-state index is 12.5. The van der Waals surface area contributed by atoms with Crippen molar-refractivity contribution in [3.63, 3.8) is 0 Å². The standard InChI is InChI=1S/C17H23F3N4O2.HI/c1-2-21-16(24-10-7-14(25)11-24)23-9-8-22-15(26)12-3-5-13(6-4-12)17(18,19)20;/h3-6,14,25H,2,7-11H2,1H3,(H,21,23)(H,22,26);1H/t14-;/m1./s1. The van der Waals surface area contributed by atoms with E-state index in [1.54, 1.807) is 0 Å². The Kier molecular flexibility index (Phi) is 9.30. The fraction of sp³-hybridized carbons (Fsp3) is 0.529. The quantitative estimate of drug-likeness (QED) is 0.251. The highest BCUT2D eigenvalue weighted by Crippen LogP contribution is 2.29. The Bertz CT molecular complexity index is 638. The topological polar surface area (TPSA) is 77.0 Å². The summed E-state index contributed by atoms with van der Waals surface area (Å²) in [6, 6.07) is 4.07. The molecule has 0 spiro atoms. The Hall–Kier alpha value is -1.56. The average molecular weight is 500 g/mol. The fourth-order valence-electron chi connectivity index (χ4n) is 2.60. The summed E-state index contributed by atoms with van der Waals surface area (Å²) in [7, 11) is 0. The van der Waals surface area contributed by atoms with Crippen molar-refractivity contribution in [3.8, 4) is 0 Å². The molecule has 0 unspecified atom stereocenters. The Morgan fingerprint density at radius 2 is 1.96 bits per heavy atom. The number of carbonyl (C=O) groups excluding carboxylic acids is 1. The summed E-state index contributed by atoms with van der Waals surface area (Å²) in [5.74, 6) is 0.225. The zero-order valence-corrected chi connectivity index (χ0v) is 17.3. The molecule has 0 radical (unpaired) electrons. The predicted octanol–water partition coefficient (Wildman–Crippen LogP) is 2.09. The molecule has 1 aromatic rings. The third-order valence-corrected chi connectivity index (χ3v) is 3.93. The van der Waals surface area contributed by atoms with E-state index in [0.717, 1.165) is 24.3 Å². The van der Waals surface area contributed by atoms with E-state index < -0.39 is 17.6 Å². The summed E-state index contributed by atoms with van der Waals surface area (Å²) < 4.78 is 37.6. The van der Waals surface area contributed by atoms with E-state index in [2.05, 4.69) is 15.6 Å². The molecule has 1 aliphatic rings. The molecule has 152 valence electrons. The number of guanidine groups is 1. The van der Waals surface area contributed by atoms with Crippen molar-refractivity contribution in [2.45, 2.75) is 25.6 Å². The number of alkyl halides is 3. The van der Waals surface area contributed by atoms with Gasteiger partial charge in [0.15, 0.2) is 5.96 Å². The number of halogens is 4. The molecule has 10 heteroatoms. The molecule has 2 rings (SSSR count). The van der Waals surface area contributed by atoms with E-state index >= 15 is 0 Å². The molecule has 6 nitrogen and oxygen atoms in total. The van der Waals surface area contributed by atoms with E-state index in [0.29, 0.717) is 38.6 Å². The summed E-state index contributed by atoms with van der Waals surface area (Å²) in [6.07, 6.45) is -4.09. The highest BCUT2D eigenvalue weighted by Gasteiger charge is 2.30. The van der Waals surface area contributed by atoms with Gasteiger partial charge in [-0.1, -0.05) is 0 Å². The second-order valence-electron chi connectivity index (χ2n) is 5.96. The molecule has 1 saturated heterocycles. The van der Waals surface area contributed by atoms with Crippen LogP contribution in [-0.4, -0.2) is 60.7 Å². The van der Waals surface area contributed by atoms with E-state index in [1.807, 2.05) is 11.8 Å². The number of rotatable bonds is 5. The summed E-state index contributed by atoms with van der Waals surface area (Å²) in [5.41, 5.74) is -0.627. The molecule has 1 atom stereocenters. The van der Waals surface area contributed by atoms with Gasteiger partial charge in [0.05, 0.1) is 18.2 Å². The monoisotopic (exact) mass is 500 g/mol. The van der Waals surface area contributed by atoms with Crippen LogP contribution in [0, 0.1) is 0 Å². The normalized spacial score (nSPS) is 17.4. The molecule has 1 aromatic carbocycles. The largest absolute Gasteiger partial charge is 0.416 e. The zero-order valence-electron chi connectivity index (χ0n) is 14.9. The lowest BCUT2D eigenvalue weighted by Crippen LogP contribution is -2.41. The molecule has 1 fully saturated rings. The maximum atomic E-state index is 12.5. The van der Waals surface area contributed by atoms with Gasteiger partial charge in [0, 0.05) is 31.7 Å². The zero-order chi connectivity index (χ0) is 19.2. The van der Waals surface area contributed by atoms with Crippen molar-refractivity contribution in [2.24, 2.45) is 4.99 Å². The van der Waals surface area contributed by atoms with E-state index in [9.17, 15) is 23.1 Å². The number of nitrogens with zero attached hydrogens (tertiary/aromatic N) is 2. The number of nitrogens with one attached hydrogen (secondary N) is 2. The predicted molar refractivity (Wildman–Crippen MR) is 107 cm³/mol. The molecule has 1 amide bonds. The van der Waals surface area contributed by atoms with Crippen LogP contribution in [0.3, 0.4) is 0 Å². The first-order valence-corrected chi connectivity index (χ1v) is 8.48. The first-order valence-electron chi connectivity index (χ1n) is 8.48. The van der Waals surface area contributed by atoms with E-state index in [4.69, 9.17) is 0 Å². The molecule has 0 aliphatic carbocycles. The molecular weight excluding hydrogens is 476 g/mol. The lowest BCUT2D eigenvalue weighted by atomic mass is 10.1. The number of hydrogen-bond acceptors (Lipinski definition) is 3. The molecule has 0 saturated carbocycles. The van der Waals surface area contributed by atoms with Crippen molar-refractivity contribution in [1.82, 2.24) is 15.5 Å². The van der Waals surface area contributed by atoms with Crippen molar-refractivity contribution in [3.05, 3.63) is 35.4 Å². The van der Waals surface area contributed by atoms with Crippen molar-refractivity contribution in [2.75, 3.05) is 32.7 Å². The van der Waals surface area contributed by atoms with Crippen LogP contribution in [0.25, 0.3) is 0 Å². The SMILES string of the molecule is CCNC(=NCCNC(=O)c1ccc(C(F)(F)F)cc1)N1CC[C@@H](O)C1.I. The Labute approximate surface area is 173 Å². The lowest BCUT2D eigenvalue weighted by molar-refractivity contribution is -0.137. The lowest BCUT2D eigenvalue weighted by Gasteiger charge is -2.20. The van der Waals surface area contributed by atoms with Gasteiger partial charge in [0.2, 0.25) is 0 Å². The van der Waals surface area contributed by atoms with Gasteiger partial charge in [-0.25, -0.2) is 0 Å². The van der Waals surface area contributed by atoms with Gasteiger partial charge in [0.25, 0.3) is 5.91 Å². The van der Waals surface area contributed by atoms with Crippen LogP contribution < -0.4 is 10.6 Å². The molecule has 0 aromatic heterocycles. The van der Waals surface area contributed by atoms with Crippen LogP contribution >= 0.6 is 24.0 Å². The minimum absolute atomic E-state index is 0. The molecule has 1 aliphatic heterocycles. The number of aliphatic hydroxyl groups excluding tert-OH is 1. The number of β-amino-alcohol motifs (C(OH)–C–C–N with tert-alkyl or cyclic N) is 1. The summed E-state index contributed by atoms with van der Waals surface area (Å²) in [6.45, 7) is 4.43. The third kappa shape index (κ3) is 7.17. The maximum Gasteiger partial charge on any atom is 0.416 e. The molecular formula is C17H24F3IN4O2. The van der Waals surface area contributed by atoms with Gasteiger partial charge >= 0.3 is 6.18 Å². The number of benzene rings is 1. The van der Waals surface area contributed by atoms with Gasteiger partial charge in [-0.3, -0.25) is 9.79 Å². The number of aliphatic hydroxyl groups is 1. The average Bonchev–Trinajstić information content (AvgIpc) is 3.03. The number of aliphatic imine (C=N–C) groups is 1. The van der Waals surface area contributed by atoms with Gasteiger partial charge in [-0.05, 0) is 37.6 Å². The van der Waals surface area contributed by atoms with Gasteiger partial charge in [0.1, 0.15) is 0 Å². The van der Waals surface area contributed by atoms with E-state index in [1.165, 1.54) is 0 Å². The number of hydrogen-bond donors (Lipinski definition) is 3. The third-order valence-electron chi connectivity index (χ3n) is 3.93. The summed E-state index contributed by atoms with van der Waals surface area (Å²) in [4.78, 5) is 18.3. The smallest absolute Gasteiger partial charge is 0.391 e. The van der Waals surface area contributed by atoms with Crippen LogP contribution in [0.5, 0.6) is 0 Å². The fourth-order valence-corrected chi connectivity index (χ4v) is 2.60. The van der Waals surface area contributed by atoms with Crippen molar-refractivity contribution >= 4 is 35.8 Å². The molecule has 0 bridgehead atoms. The van der Waals surface area contributed by atoms with Crippen LogP contribution in [0.15, 0.2) is 29.3 Å². The summed E-state index contributed by atoms with van der Waals surface area (Å²) in [5, 5.41) is 15.4. The second kappa shape index (κ2) is 10.7. The van der Waals surface area contributed by atoms with Crippen LogP contribution in [0.4, 0.5) is 13.2 Å². The second-order valence-corrected chi connectivity index (χ2v) is 5.96. The summed E-state index contributed by atoms with van der Waals surface area (Å²) >= 11 is 0. The van der Waals surface area contributed by atoms with Crippen molar-refractivity contribution < 1.29 is 23.1 Å². The minimum Gasteiger partial charge on any atom is -0.391 e. The number of carbonyl (C=O) groups is 1.